The van der Waals surface area contributed by atoms with Crippen LogP contribution in [0.4, 0.5) is 0 Å². The molecule has 3 rings (SSSR count). The minimum atomic E-state index is -0.281. The summed E-state index contributed by atoms with van der Waals surface area (Å²) in [5.74, 6) is 0.163. The van der Waals surface area contributed by atoms with Crippen LogP contribution in [-0.2, 0) is 4.74 Å². The van der Waals surface area contributed by atoms with Crippen LogP contribution in [0.2, 0.25) is 5.02 Å². The molecule has 1 N–H and O–H groups in total. The number of aromatic hydroxyl groups is 1. The van der Waals surface area contributed by atoms with Gasteiger partial charge in [-0.2, -0.15) is 0 Å². The maximum absolute atomic E-state index is 12.7. The van der Waals surface area contributed by atoms with E-state index in [9.17, 15) is 9.90 Å². The van der Waals surface area contributed by atoms with Gasteiger partial charge in [-0.3, -0.25) is 4.79 Å². The number of benzene rings is 2. The number of nitrogens with zero attached hydrogens (tertiary/aromatic N) is 1. The highest BCUT2D eigenvalue weighted by Crippen LogP contribution is 2.30. The van der Waals surface area contributed by atoms with E-state index in [2.05, 4.69) is 0 Å². The molecule has 1 heterocycles. The van der Waals surface area contributed by atoms with Crippen molar-refractivity contribution in [2.45, 2.75) is 6.10 Å². The SMILES string of the molecule is COc1ccc(C(=O)N2CCO[C@H](c3ccccc3Cl)C2)c(O)c1. The van der Waals surface area contributed by atoms with Gasteiger partial charge in [0.05, 0.1) is 25.8 Å². The number of amides is 1. The molecule has 1 saturated heterocycles. The highest BCUT2D eigenvalue weighted by molar-refractivity contribution is 6.31. The number of hydrogen-bond acceptors (Lipinski definition) is 4. The molecule has 0 unspecified atom stereocenters. The minimum absolute atomic E-state index is 0.0971. The first-order chi connectivity index (χ1) is 11.6. The summed E-state index contributed by atoms with van der Waals surface area (Å²) in [6, 6.07) is 12.1. The lowest BCUT2D eigenvalue weighted by Crippen LogP contribution is -2.42. The van der Waals surface area contributed by atoms with Crippen LogP contribution in [0.3, 0.4) is 0 Å². The molecule has 0 saturated carbocycles. The van der Waals surface area contributed by atoms with E-state index in [1.165, 1.54) is 13.2 Å². The van der Waals surface area contributed by atoms with Crippen molar-refractivity contribution in [2.24, 2.45) is 0 Å². The Balaban J connectivity index is 1.80. The van der Waals surface area contributed by atoms with Crippen molar-refractivity contribution in [1.29, 1.82) is 0 Å². The number of halogens is 1. The number of phenols is 1. The molecule has 0 spiro atoms. The zero-order valence-electron chi connectivity index (χ0n) is 13.2. The first-order valence-electron chi connectivity index (χ1n) is 7.62. The second kappa shape index (κ2) is 7.11. The molecule has 0 aliphatic carbocycles. The third-order valence-electron chi connectivity index (χ3n) is 4.04. The number of methoxy groups -OCH3 is 1. The zero-order chi connectivity index (χ0) is 17.1. The molecular formula is C18H18ClNO4. The van der Waals surface area contributed by atoms with E-state index in [4.69, 9.17) is 21.1 Å². The van der Waals surface area contributed by atoms with E-state index >= 15 is 0 Å². The molecule has 126 valence electrons. The van der Waals surface area contributed by atoms with E-state index < -0.39 is 0 Å². The predicted octanol–water partition coefficient (Wildman–Crippen LogP) is 3.27. The summed E-state index contributed by atoms with van der Waals surface area (Å²) in [7, 11) is 1.51. The van der Waals surface area contributed by atoms with Crippen LogP contribution in [-0.4, -0.2) is 42.7 Å². The quantitative estimate of drug-likeness (QED) is 0.925. The summed E-state index contributed by atoms with van der Waals surface area (Å²) in [4.78, 5) is 14.4. The monoisotopic (exact) mass is 347 g/mol. The zero-order valence-corrected chi connectivity index (χ0v) is 14.0. The Morgan fingerprint density at radius 3 is 2.83 bits per heavy atom. The molecule has 0 bridgehead atoms. The number of hydrogen-bond donors (Lipinski definition) is 1. The van der Waals surface area contributed by atoms with Gasteiger partial charge in [0.2, 0.25) is 0 Å². The lowest BCUT2D eigenvalue weighted by atomic mass is 10.1. The topological polar surface area (TPSA) is 59.0 Å². The van der Waals surface area contributed by atoms with Crippen LogP contribution >= 0.6 is 11.6 Å². The van der Waals surface area contributed by atoms with Crippen molar-refractivity contribution in [3.63, 3.8) is 0 Å². The number of carbonyl (C=O) groups excluding carboxylic acids is 1. The number of rotatable bonds is 3. The van der Waals surface area contributed by atoms with Crippen molar-refractivity contribution in [1.82, 2.24) is 4.90 Å². The van der Waals surface area contributed by atoms with E-state index in [1.807, 2.05) is 18.2 Å². The third-order valence-corrected chi connectivity index (χ3v) is 4.39. The maximum Gasteiger partial charge on any atom is 0.257 e. The fraction of sp³-hybridized carbons (Fsp3) is 0.278. The maximum atomic E-state index is 12.7. The Kier molecular flexibility index (Phi) is 4.92. The lowest BCUT2D eigenvalue weighted by molar-refractivity contribution is -0.0228. The number of phenolic OH excluding ortho intramolecular Hbond substituents is 1. The third kappa shape index (κ3) is 3.32. The van der Waals surface area contributed by atoms with Gasteiger partial charge in [-0.1, -0.05) is 29.8 Å². The second-order valence-electron chi connectivity index (χ2n) is 5.52. The summed E-state index contributed by atoms with van der Waals surface area (Å²) < 4.78 is 10.8. The smallest absolute Gasteiger partial charge is 0.257 e. The van der Waals surface area contributed by atoms with Gasteiger partial charge >= 0.3 is 0 Å². The number of ether oxygens (including phenoxy) is 2. The van der Waals surface area contributed by atoms with Crippen molar-refractivity contribution >= 4 is 17.5 Å². The first kappa shape index (κ1) is 16.6. The van der Waals surface area contributed by atoms with Crippen molar-refractivity contribution in [2.75, 3.05) is 26.8 Å². The summed E-state index contributed by atoms with van der Waals surface area (Å²) in [5.41, 5.74) is 1.10. The highest BCUT2D eigenvalue weighted by Gasteiger charge is 2.28. The van der Waals surface area contributed by atoms with E-state index in [1.54, 1.807) is 23.1 Å². The van der Waals surface area contributed by atoms with Gasteiger partial charge in [0.15, 0.2) is 0 Å². The molecule has 0 aromatic heterocycles. The van der Waals surface area contributed by atoms with E-state index in [-0.39, 0.29) is 23.3 Å². The normalized spacial score (nSPS) is 17.6. The highest BCUT2D eigenvalue weighted by atomic mass is 35.5. The molecule has 2 aromatic carbocycles. The molecule has 0 radical (unpaired) electrons. The van der Waals surface area contributed by atoms with Gasteiger partial charge < -0.3 is 19.5 Å². The Bertz CT molecular complexity index is 750. The molecular weight excluding hydrogens is 330 g/mol. The molecule has 1 fully saturated rings. The van der Waals surface area contributed by atoms with Gasteiger partial charge in [0.25, 0.3) is 5.91 Å². The van der Waals surface area contributed by atoms with Gasteiger partial charge in [0.1, 0.15) is 17.6 Å². The molecule has 1 atom stereocenters. The fourth-order valence-electron chi connectivity index (χ4n) is 2.75. The van der Waals surface area contributed by atoms with E-state index in [0.29, 0.717) is 30.5 Å². The van der Waals surface area contributed by atoms with Crippen LogP contribution < -0.4 is 4.74 Å². The van der Waals surface area contributed by atoms with Crippen LogP contribution in [0.1, 0.15) is 22.0 Å². The Hall–Kier alpha value is -2.24. The number of carbonyl (C=O) groups is 1. The largest absolute Gasteiger partial charge is 0.507 e. The number of morpholine rings is 1. The fourth-order valence-corrected chi connectivity index (χ4v) is 3.01. The molecule has 6 heteroatoms. The second-order valence-corrected chi connectivity index (χ2v) is 5.92. The summed E-state index contributed by atoms with van der Waals surface area (Å²) in [6.45, 7) is 1.26. The molecule has 24 heavy (non-hydrogen) atoms. The van der Waals surface area contributed by atoms with Gasteiger partial charge in [0, 0.05) is 23.2 Å². The summed E-state index contributed by atoms with van der Waals surface area (Å²) >= 11 is 6.22. The van der Waals surface area contributed by atoms with Crippen LogP contribution in [0.5, 0.6) is 11.5 Å². The molecule has 2 aromatic rings. The van der Waals surface area contributed by atoms with Crippen LogP contribution in [0.25, 0.3) is 0 Å². The Morgan fingerprint density at radius 1 is 1.33 bits per heavy atom. The summed E-state index contributed by atoms with van der Waals surface area (Å²) in [5, 5.41) is 10.7. The van der Waals surface area contributed by atoms with Crippen LogP contribution in [0, 0.1) is 0 Å². The molecule has 1 aliphatic rings. The summed E-state index contributed by atoms with van der Waals surface area (Å²) in [6.07, 6.45) is -0.281. The van der Waals surface area contributed by atoms with E-state index in [0.717, 1.165) is 5.56 Å². The standard InChI is InChI=1S/C18H18ClNO4/c1-23-12-6-7-14(16(21)10-12)18(22)20-8-9-24-17(11-20)13-4-2-3-5-15(13)19/h2-7,10,17,21H,8-9,11H2,1H3/t17-/m0/s1. The van der Waals surface area contributed by atoms with Crippen molar-refractivity contribution < 1.29 is 19.4 Å². The van der Waals surface area contributed by atoms with Gasteiger partial charge in [-0.25, -0.2) is 0 Å². The van der Waals surface area contributed by atoms with Crippen molar-refractivity contribution in [3.8, 4) is 11.5 Å². The van der Waals surface area contributed by atoms with Gasteiger partial charge in [-0.05, 0) is 18.2 Å². The predicted molar refractivity (Wildman–Crippen MR) is 90.7 cm³/mol. The van der Waals surface area contributed by atoms with Gasteiger partial charge in [-0.15, -0.1) is 0 Å². The Morgan fingerprint density at radius 2 is 2.12 bits per heavy atom. The minimum Gasteiger partial charge on any atom is -0.507 e. The van der Waals surface area contributed by atoms with Crippen LogP contribution in [0.15, 0.2) is 42.5 Å². The average Bonchev–Trinajstić information content (AvgIpc) is 2.61. The lowest BCUT2D eigenvalue weighted by Gasteiger charge is -2.33. The molecule has 1 aliphatic heterocycles. The Labute approximate surface area is 145 Å². The molecule has 1 amide bonds. The van der Waals surface area contributed by atoms with Crippen molar-refractivity contribution in [3.05, 3.63) is 58.6 Å². The molecule has 5 nitrogen and oxygen atoms in total. The average molecular weight is 348 g/mol. The first-order valence-corrected chi connectivity index (χ1v) is 8.00.